The molecule has 0 bridgehead atoms. The molecule has 0 aliphatic carbocycles. The lowest BCUT2D eigenvalue weighted by atomic mass is 10.3. The maximum absolute atomic E-state index is 13.6. The number of aromatic nitrogens is 4. The second kappa shape index (κ2) is 9.13. The highest BCUT2D eigenvalue weighted by atomic mass is 19.2. The zero-order chi connectivity index (χ0) is 21.8. The van der Waals surface area contributed by atoms with Crippen LogP contribution in [-0.4, -0.2) is 68.7 Å². The van der Waals surface area contributed by atoms with Crippen LogP contribution in [0.3, 0.4) is 0 Å². The number of amides is 1. The molecule has 1 amide bonds. The first-order valence-electron chi connectivity index (χ1n) is 9.61. The summed E-state index contributed by atoms with van der Waals surface area (Å²) in [7, 11) is 0. The molecule has 1 aromatic heterocycles. The van der Waals surface area contributed by atoms with Crippen LogP contribution in [0.4, 0.5) is 13.2 Å². The number of piperazine rings is 1. The average molecular weight is 432 g/mol. The van der Waals surface area contributed by atoms with Crippen molar-refractivity contribution in [1.82, 2.24) is 30.0 Å². The number of hydrogen-bond donors (Lipinski definition) is 0. The van der Waals surface area contributed by atoms with E-state index >= 15 is 0 Å². The van der Waals surface area contributed by atoms with Crippen LogP contribution in [0.15, 0.2) is 42.5 Å². The molecule has 4 rings (SSSR count). The number of nitrogens with zero attached hydrogens (tertiary/aromatic N) is 6. The lowest BCUT2D eigenvalue weighted by molar-refractivity contribution is -0.135. The number of carbonyl (C=O) groups excluding carboxylic acids is 1. The molecule has 1 aliphatic rings. The van der Waals surface area contributed by atoms with Crippen molar-refractivity contribution in [3.8, 4) is 11.4 Å². The lowest BCUT2D eigenvalue weighted by Gasteiger charge is -2.34. The summed E-state index contributed by atoms with van der Waals surface area (Å²) < 4.78 is 46.9. The van der Waals surface area contributed by atoms with E-state index in [2.05, 4.69) is 15.5 Å². The van der Waals surface area contributed by atoms with E-state index in [4.69, 9.17) is 4.74 Å². The van der Waals surface area contributed by atoms with Crippen LogP contribution in [0, 0.1) is 17.5 Å². The molecule has 2 heterocycles. The Bertz CT molecular complexity index is 1070. The minimum absolute atomic E-state index is 0.0403. The first kappa shape index (κ1) is 20.8. The number of halogens is 3. The van der Waals surface area contributed by atoms with Gasteiger partial charge in [-0.3, -0.25) is 9.69 Å². The molecule has 0 radical (unpaired) electrons. The van der Waals surface area contributed by atoms with Gasteiger partial charge in [0.1, 0.15) is 0 Å². The van der Waals surface area contributed by atoms with E-state index in [1.807, 2.05) is 4.90 Å². The third-order valence-corrected chi connectivity index (χ3v) is 4.96. The quantitative estimate of drug-likeness (QED) is 0.591. The molecule has 2 aromatic carbocycles. The first-order valence-corrected chi connectivity index (χ1v) is 9.61. The van der Waals surface area contributed by atoms with Gasteiger partial charge in [0, 0.05) is 32.2 Å². The van der Waals surface area contributed by atoms with Crippen LogP contribution in [0.1, 0.15) is 5.82 Å². The number of ether oxygens (including phenoxy) is 1. The Kier molecular flexibility index (Phi) is 6.12. The molecule has 31 heavy (non-hydrogen) atoms. The Morgan fingerprint density at radius 1 is 0.968 bits per heavy atom. The van der Waals surface area contributed by atoms with Gasteiger partial charge in [-0.25, -0.2) is 13.2 Å². The molecule has 0 spiro atoms. The highest BCUT2D eigenvalue weighted by molar-refractivity contribution is 5.77. The van der Waals surface area contributed by atoms with Crippen molar-refractivity contribution in [1.29, 1.82) is 0 Å². The van der Waals surface area contributed by atoms with E-state index < -0.39 is 17.5 Å². The highest BCUT2D eigenvalue weighted by Crippen LogP contribution is 2.17. The zero-order valence-electron chi connectivity index (χ0n) is 16.4. The summed E-state index contributed by atoms with van der Waals surface area (Å²) in [6, 6.07) is 9.36. The Balaban J connectivity index is 1.31. The van der Waals surface area contributed by atoms with Crippen LogP contribution >= 0.6 is 0 Å². The van der Waals surface area contributed by atoms with E-state index in [-0.39, 0.29) is 18.3 Å². The van der Waals surface area contributed by atoms with E-state index in [0.717, 1.165) is 12.1 Å². The number of carbonyl (C=O) groups is 1. The summed E-state index contributed by atoms with van der Waals surface area (Å²) in [5, 5.41) is 11.5. The van der Waals surface area contributed by atoms with E-state index in [1.165, 1.54) is 22.9 Å². The summed E-state index contributed by atoms with van der Waals surface area (Å²) in [6.07, 6.45) is 0. The molecule has 1 aliphatic heterocycles. The normalized spacial score (nSPS) is 14.6. The summed E-state index contributed by atoms with van der Waals surface area (Å²) in [5.41, 5.74) is 0.318. The van der Waals surface area contributed by atoms with Crippen LogP contribution < -0.4 is 4.74 Å². The SMILES string of the molecule is O=C(COc1ccccc1F)N1CCN(Cc2nnnn2-c2ccc(F)c(F)c2)CC1. The Morgan fingerprint density at radius 2 is 1.74 bits per heavy atom. The third kappa shape index (κ3) is 4.82. The van der Waals surface area contributed by atoms with Gasteiger partial charge in [0.15, 0.2) is 35.6 Å². The van der Waals surface area contributed by atoms with Crippen molar-refractivity contribution in [2.45, 2.75) is 6.54 Å². The number of tetrazole rings is 1. The van der Waals surface area contributed by atoms with Gasteiger partial charge in [0.2, 0.25) is 0 Å². The Hall–Kier alpha value is -3.47. The second-order valence-electron chi connectivity index (χ2n) is 6.98. The molecule has 3 aromatic rings. The third-order valence-electron chi connectivity index (χ3n) is 4.96. The molecule has 0 unspecified atom stereocenters. The van der Waals surface area contributed by atoms with Crippen LogP contribution in [0.5, 0.6) is 5.75 Å². The van der Waals surface area contributed by atoms with Crippen molar-refractivity contribution in [2.75, 3.05) is 32.8 Å². The number of benzene rings is 2. The standard InChI is InChI=1S/C20H19F3N6O2/c21-15-6-5-14(11-17(15)23)29-19(24-25-26-29)12-27-7-9-28(10-8-27)20(30)13-31-18-4-2-1-3-16(18)22/h1-6,11H,7-10,12-13H2. The Morgan fingerprint density at radius 3 is 2.48 bits per heavy atom. The van der Waals surface area contributed by atoms with E-state index in [1.54, 1.807) is 17.0 Å². The summed E-state index contributed by atoms with van der Waals surface area (Å²) in [6.45, 7) is 2.19. The molecular formula is C20H19F3N6O2. The monoisotopic (exact) mass is 432 g/mol. The van der Waals surface area contributed by atoms with Gasteiger partial charge < -0.3 is 9.64 Å². The number of hydrogen-bond acceptors (Lipinski definition) is 6. The maximum atomic E-state index is 13.6. The fourth-order valence-electron chi connectivity index (χ4n) is 3.27. The van der Waals surface area contributed by atoms with Gasteiger partial charge in [-0.15, -0.1) is 5.10 Å². The predicted molar refractivity (Wildman–Crippen MR) is 103 cm³/mol. The van der Waals surface area contributed by atoms with Crippen LogP contribution in [0.25, 0.3) is 5.69 Å². The predicted octanol–water partition coefficient (Wildman–Crippen LogP) is 1.80. The van der Waals surface area contributed by atoms with Crippen molar-refractivity contribution in [3.05, 3.63) is 65.7 Å². The lowest BCUT2D eigenvalue weighted by Crippen LogP contribution is -2.49. The topological polar surface area (TPSA) is 76.4 Å². The molecule has 0 saturated carbocycles. The molecule has 8 nitrogen and oxygen atoms in total. The van der Waals surface area contributed by atoms with Gasteiger partial charge in [-0.2, -0.15) is 4.68 Å². The van der Waals surface area contributed by atoms with Gasteiger partial charge in [0.05, 0.1) is 12.2 Å². The minimum Gasteiger partial charge on any atom is -0.481 e. The highest BCUT2D eigenvalue weighted by Gasteiger charge is 2.23. The second-order valence-corrected chi connectivity index (χ2v) is 6.98. The smallest absolute Gasteiger partial charge is 0.260 e. The molecule has 0 N–H and O–H groups in total. The van der Waals surface area contributed by atoms with Gasteiger partial charge in [-0.05, 0) is 34.7 Å². The average Bonchev–Trinajstić information content (AvgIpc) is 3.23. The van der Waals surface area contributed by atoms with Crippen molar-refractivity contribution >= 4 is 5.91 Å². The molecule has 11 heteroatoms. The summed E-state index contributed by atoms with van der Waals surface area (Å²) in [5.74, 6) is -2.16. The minimum atomic E-state index is -0.983. The van der Waals surface area contributed by atoms with Crippen LogP contribution in [0.2, 0.25) is 0 Å². The van der Waals surface area contributed by atoms with Crippen molar-refractivity contribution in [3.63, 3.8) is 0 Å². The first-order chi connectivity index (χ1) is 15.0. The molecule has 1 saturated heterocycles. The van der Waals surface area contributed by atoms with E-state index in [0.29, 0.717) is 44.2 Å². The number of para-hydroxylation sites is 1. The largest absolute Gasteiger partial charge is 0.481 e. The van der Waals surface area contributed by atoms with Crippen molar-refractivity contribution in [2.24, 2.45) is 0 Å². The van der Waals surface area contributed by atoms with Crippen LogP contribution in [-0.2, 0) is 11.3 Å². The zero-order valence-corrected chi connectivity index (χ0v) is 16.4. The summed E-state index contributed by atoms with van der Waals surface area (Å²) >= 11 is 0. The maximum Gasteiger partial charge on any atom is 0.260 e. The van der Waals surface area contributed by atoms with Crippen molar-refractivity contribution < 1.29 is 22.7 Å². The fraction of sp³-hybridized carbons (Fsp3) is 0.300. The molecule has 0 atom stereocenters. The fourth-order valence-corrected chi connectivity index (χ4v) is 3.27. The van der Waals surface area contributed by atoms with Gasteiger partial charge in [0.25, 0.3) is 5.91 Å². The Labute approximate surface area is 175 Å². The van der Waals surface area contributed by atoms with E-state index in [9.17, 15) is 18.0 Å². The molecule has 162 valence electrons. The molecular weight excluding hydrogens is 413 g/mol. The summed E-state index contributed by atoms with van der Waals surface area (Å²) in [4.78, 5) is 16.1. The van der Waals surface area contributed by atoms with Gasteiger partial charge >= 0.3 is 0 Å². The number of rotatable bonds is 6. The molecule has 1 fully saturated rings. The van der Waals surface area contributed by atoms with Gasteiger partial charge in [-0.1, -0.05) is 12.1 Å².